The van der Waals surface area contributed by atoms with E-state index in [1.165, 1.54) is 51.5 Å². The monoisotopic (exact) mass is 325 g/mol. The lowest BCUT2D eigenvalue weighted by Gasteiger charge is -2.08. The lowest BCUT2D eigenvalue weighted by molar-refractivity contribution is 0.0944. The summed E-state index contributed by atoms with van der Waals surface area (Å²) in [4.78, 5) is 11.9. The number of hydrogen-bond acceptors (Lipinski definition) is 1. The number of hydrogen-bond donors (Lipinski definition) is 1. The molecule has 0 aromatic heterocycles. The van der Waals surface area contributed by atoms with Crippen molar-refractivity contribution in [3.63, 3.8) is 0 Å². The van der Waals surface area contributed by atoms with Crippen molar-refractivity contribution in [1.29, 1.82) is 0 Å². The first kappa shape index (κ1) is 19.6. The molecule has 2 nitrogen and oxygen atoms in total. The van der Waals surface area contributed by atoms with Crippen molar-refractivity contribution in [1.82, 2.24) is 5.32 Å². The third-order valence-electron chi connectivity index (χ3n) is 4.08. The molecule has 0 aliphatic carbocycles. The van der Waals surface area contributed by atoms with Gasteiger partial charge in [-0.3, -0.25) is 4.79 Å². The number of carbonyl (C=O) groups excluding carboxylic acids is 1. The average Bonchev–Trinajstić information content (AvgIpc) is 2.53. The van der Waals surface area contributed by atoms with Crippen LogP contribution < -0.4 is 5.32 Å². The summed E-state index contributed by atoms with van der Waals surface area (Å²) < 4.78 is 27.4. The van der Waals surface area contributed by atoms with Gasteiger partial charge in [-0.2, -0.15) is 0 Å². The van der Waals surface area contributed by atoms with E-state index in [1.54, 1.807) is 0 Å². The van der Waals surface area contributed by atoms with E-state index in [9.17, 15) is 13.6 Å². The molecule has 0 bridgehead atoms. The summed E-state index contributed by atoms with van der Waals surface area (Å²) in [5.41, 5.74) is -0.194. The number of aryl methyl sites for hydroxylation is 1. The number of benzene rings is 1. The van der Waals surface area contributed by atoms with Gasteiger partial charge in [-0.1, -0.05) is 64.4 Å². The highest BCUT2D eigenvalue weighted by Crippen LogP contribution is 2.16. The third kappa shape index (κ3) is 7.10. The van der Waals surface area contributed by atoms with Crippen molar-refractivity contribution in [2.45, 2.75) is 71.6 Å². The Balaban J connectivity index is 2.17. The second-order valence-electron chi connectivity index (χ2n) is 6.14. The Labute approximate surface area is 138 Å². The van der Waals surface area contributed by atoms with E-state index < -0.39 is 23.1 Å². The van der Waals surface area contributed by atoms with Crippen LogP contribution in [0.15, 0.2) is 12.1 Å². The SMILES string of the molecule is CCCCCCCCCCCNC(=O)c1c(F)ccc(C)c1F. The molecular formula is C19H29F2NO. The first-order chi connectivity index (χ1) is 11.1. The summed E-state index contributed by atoms with van der Waals surface area (Å²) in [6.07, 6.45) is 10.7. The molecule has 130 valence electrons. The summed E-state index contributed by atoms with van der Waals surface area (Å²) in [6, 6.07) is 2.47. The smallest absolute Gasteiger partial charge is 0.257 e. The standard InChI is InChI=1S/C19H29F2NO/c1-3-4-5-6-7-8-9-10-11-14-22-19(23)17-16(20)13-12-15(2)18(17)21/h12-13H,3-11,14H2,1-2H3,(H,22,23). The molecule has 0 aliphatic heterocycles. The van der Waals surface area contributed by atoms with E-state index in [1.807, 2.05) is 0 Å². The first-order valence-electron chi connectivity index (χ1n) is 8.80. The predicted molar refractivity (Wildman–Crippen MR) is 90.7 cm³/mol. The van der Waals surface area contributed by atoms with Crippen molar-refractivity contribution in [3.05, 3.63) is 34.9 Å². The molecule has 0 saturated carbocycles. The highest BCUT2D eigenvalue weighted by atomic mass is 19.1. The van der Waals surface area contributed by atoms with E-state index in [0.29, 0.717) is 6.54 Å². The Morgan fingerprint density at radius 1 is 0.957 bits per heavy atom. The second kappa shape index (κ2) is 11.1. The minimum Gasteiger partial charge on any atom is -0.352 e. The lowest BCUT2D eigenvalue weighted by atomic mass is 10.1. The summed E-state index contributed by atoms with van der Waals surface area (Å²) in [6.45, 7) is 4.19. The number of amides is 1. The Bertz CT molecular complexity index is 489. The molecule has 0 spiro atoms. The number of rotatable bonds is 11. The highest BCUT2D eigenvalue weighted by Gasteiger charge is 2.18. The molecule has 1 N–H and O–H groups in total. The van der Waals surface area contributed by atoms with Crippen LogP contribution >= 0.6 is 0 Å². The Hall–Kier alpha value is -1.45. The third-order valence-corrected chi connectivity index (χ3v) is 4.08. The maximum absolute atomic E-state index is 13.8. The Morgan fingerprint density at radius 2 is 1.52 bits per heavy atom. The molecular weight excluding hydrogens is 296 g/mol. The van der Waals surface area contributed by atoms with Crippen molar-refractivity contribution in [2.24, 2.45) is 0 Å². The Morgan fingerprint density at radius 3 is 2.13 bits per heavy atom. The largest absolute Gasteiger partial charge is 0.352 e. The minimum atomic E-state index is -0.808. The topological polar surface area (TPSA) is 29.1 Å². The molecule has 1 aromatic rings. The quantitative estimate of drug-likeness (QED) is 0.532. The molecule has 0 saturated heterocycles. The maximum atomic E-state index is 13.8. The van der Waals surface area contributed by atoms with Crippen LogP contribution in [0.1, 0.15) is 80.6 Å². The normalized spacial score (nSPS) is 10.8. The van der Waals surface area contributed by atoms with Crippen LogP contribution in [-0.2, 0) is 0 Å². The molecule has 0 radical (unpaired) electrons. The van der Waals surface area contributed by atoms with Gasteiger partial charge in [0.2, 0.25) is 0 Å². The molecule has 0 aliphatic rings. The van der Waals surface area contributed by atoms with Crippen molar-refractivity contribution < 1.29 is 13.6 Å². The number of halogens is 2. The fraction of sp³-hybridized carbons (Fsp3) is 0.632. The van der Waals surface area contributed by atoms with Crippen molar-refractivity contribution in [3.8, 4) is 0 Å². The molecule has 0 heterocycles. The maximum Gasteiger partial charge on any atom is 0.257 e. The van der Waals surface area contributed by atoms with Crippen LogP contribution in [-0.4, -0.2) is 12.5 Å². The minimum absolute atomic E-state index is 0.277. The zero-order valence-corrected chi connectivity index (χ0v) is 14.4. The fourth-order valence-electron chi connectivity index (χ4n) is 2.59. The van der Waals surface area contributed by atoms with Crippen LogP contribution in [0.2, 0.25) is 0 Å². The van der Waals surface area contributed by atoms with E-state index >= 15 is 0 Å². The second-order valence-corrected chi connectivity index (χ2v) is 6.14. The predicted octanol–water partition coefficient (Wildman–Crippen LogP) is 5.53. The van der Waals surface area contributed by atoms with E-state index in [4.69, 9.17) is 0 Å². The summed E-state index contributed by atoms with van der Waals surface area (Å²) in [5, 5.41) is 2.61. The number of nitrogens with one attached hydrogen (secondary N) is 1. The van der Waals surface area contributed by atoms with Gasteiger partial charge in [0, 0.05) is 6.54 Å². The van der Waals surface area contributed by atoms with Gasteiger partial charge < -0.3 is 5.32 Å². The van der Waals surface area contributed by atoms with E-state index in [-0.39, 0.29) is 5.56 Å². The van der Waals surface area contributed by atoms with Gasteiger partial charge >= 0.3 is 0 Å². The molecule has 1 aromatic carbocycles. The molecule has 0 unspecified atom stereocenters. The van der Waals surface area contributed by atoms with Gasteiger partial charge in [-0.15, -0.1) is 0 Å². The van der Waals surface area contributed by atoms with Gasteiger partial charge in [0.15, 0.2) is 0 Å². The van der Waals surface area contributed by atoms with E-state index in [0.717, 1.165) is 25.3 Å². The molecule has 23 heavy (non-hydrogen) atoms. The summed E-state index contributed by atoms with van der Waals surface area (Å²) >= 11 is 0. The molecule has 0 atom stereocenters. The van der Waals surface area contributed by atoms with Gasteiger partial charge in [0.05, 0.1) is 0 Å². The number of unbranched alkanes of at least 4 members (excludes halogenated alkanes) is 8. The van der Waals surface area contributed by atoms with Crippen molar-refractivity contribution in [2.75, 3.05) is 6.54 Å². The van der Waals surface area contributed by atoms with Crippen LogP contribution in [0.5, 0.6) is 0 Å². The zero-order valence-electron chi connectivity index (χ0n) is 14.4. The van der Waals surface area contributed by atoms with E-state index in [2.05, 4.69) is 12.2 Å². The highest BCUT2D eigenvalue weighted by molar-refractivity contribution is 5.94. The van der Waals surface area contributed by atoms with Crippen molar-refractivity contribution >= 4 is 5.91 Å². The van der Waals surface area contributed by atoms with Crippen LogP contribution in [0, 0.1) is 18.6 Å². The molecule has 4 heteroatoms. The summed E-state index contributed by atoms with van der Waals surface area (Å²) in [5.74, 6) is -2.24. The first-order valence-corrected chi connectivity index (χ1v) is 8.80. The Kier molecular flexibility index (Phi) is 9.49. The summed E-state index contributed by atoms with van der Waals surface area (Å²) in [7, 11) is 0. The van der Waals surface area contributed by atoms with Gasteiger partial charge in [0.1, 0.15) is 17.2 Å². The number of carbonyl (C=O) groups is 1. The lowest BCUT2D eigenvalue weighted by Crippen LogP contribution is -2.26. The van der Waals surface area contributed by atoms with Gasteiger partial charge in [-0.25, -0.2) is 8.78 Å². The molecule has 1 amide bonds. The van der Waals surface area contributed by atoms with Crippen LogP contribution in [0.25, 0.3) is 0 Å². The fourth-order valence-corrected chi connectivity index (χ4v) is 2.59. The van der Waals surface area contributed by atoms with Gasteiger partial charge in [-0.05, 0) is 25.0 Å². The van der Waals surface area contributed by atoms with Crippen LogP contribution in [0.3, 0.4) is 0 Å². The zero-order chi connectivity index (χ0) is 17.1. The average molecular weight is 325 g/mol. The van der Waals surface area contributed by atoms with Crippen LogP contribution in [0.4, 0.5) is 8.78 Å². The van der Waals surface area contributed by atoms with Gasteiger partial charge in [0.25, 0.3) is 5.91 Å². The molecule has 0 fully saturated rings. The molecule has 1 rings (SSSR count).